The van der Waals surface area contributed by atoms with Gasteiger partial charge in [-0.2, -0.15) is 18.2 Å². The molecule has 2 aromatic carbocycles. The van der Waals surface area contributed by atoms with E-state index in [2.05, 4.69) is 20.4 Å². The molecule has 0 saturated carbocycles. The average molecular weight is 444 g/mol. The zero-order chi connectivity index (χ0) is 22.7. The van der Waals surface area contributed by atoms with E-state index in [1.165, 1.54) is 18.2 Å². The molecule has 1 N–H and O–H groups in total. The van der Waals surface area contributed by atoms with E-state index in [1.807, 2.05) is 31.2 Å². The van der Waals surface area contributed by atoms with Crippen molar-refractivity contribution >= 4 is 11.6 Å². The van der Waals surface area contributed by atoms with Crippen LogP contribution < -0.4 is 5.32 Å². The molecule has 32 heavy (non-hydrogen) atoms. The standard InChI is InChI=1S/C23H23F3N4O2/c1-15-6-8-16(9-7-15)21-28-20(32-29-21)14-30-12-10-17(11-13-30)22(31)27-19-5-3-2-4-18(19)23(24,25)26/h2-9,17H,10-14H2,1H3,(H,27,31). The van der Waals surface area contributed by atoms with Crippen molar-refractivity contribution in [1.29, 1.82) is 0 Å². The molecule has 1 amide bonds. The number of nitrogens with zero attached hydrogens (tertiary/aromatic N) is 3. The quantitative estimate of drug-likeness (QED) is 0.605. The van der Waals surface area contributed by atoms with Crippen molar-refractivity contribution in [2.75, 3.05) is 18.4 Å². The maximum atomic E-state index is 13.1. The number of hydrogen-bond donors (Lipinski definition) is 1. The van der Waals surface area contributed by atoms with Gasteiger partial charge in [0.2, 0.25) is 17.6 Å². The Labute approximate surface area is 183 Å². The first-order chi connectivity index (χ1) is 15.3. The third-order valence-electron chi connectivity index (χ3n) is 5.59. The third kappa shape index (κ3) is 5.16. The smallest absolute Gasteiger partial charge is 0.338 e. The summed E-state index contributed by atoms with van der Waals surface area (Å²) in [5, 5.41) is 6.49. The van der Waals surface area contributed by atoms with Crippen LogP contribution in [0.4, 0.5) is 18.9 Å². The summed E-state index contributed by atoms with van der Waals surface area (Å²) in [6.45, 7) is 3.69. The van der Waals surface area contributed by atoms with Crippen LogP contribution in [-0.2, 0) is 17.5 Å². The number of piperidine rings is 1. The summed E-state index contributed by atoms with van der Waals surface area (Å²) in [5.74, 6) is 0.277. The van der Waals surface area contributed by atoms with Gasteiger partial charge in [-0.3, -0.25) is 9.69 Å². The number of aromatic nitrogens is 2. The van der Waals surface area contributed by atoms with Gasteiger partial charge in [0.25, 0.3) is 0 Å². The van der Waals surface area contributed by atoms with E-state index in [4.69, 9.17) is 4.52 Å². The Bertz CT molecular complexity index is 1070. The lowest BCUT2D eigenvalue weighted by Crippen LogP contribution is -2.38. The van der Waals surface area contributed by atoms with E-state index >= 15 is 0 Å². The molecular weight excluding hydrogens is 421 g/mol. The Hall–Kier alpha value is -3.20. The summed E-state index contributed by atoms with van der Waals surface area (Å²) in [5.41, 5.74) is 0.972. The molecule has 4 rings (SSSR count). The minimum absolute atomic E-state index is 0.207. The van der Waals surface area contributed by atoms with E-state index in [0.717, 1.165) is 17.2 Å². The van der Waals surface area contributed by atoms with Crippen LogP contribution in [0.3, 0.4) is 0 Å². The van der Waals surface area contributed by atoms with E-state index in [0.29, 0.717) is 44.2 Å². The van der Waals surface area contributed by atoms with E-state index in [-0.39, 0.29) is 17.5 Å². The number of hydrogen-bond acceptors (Lipinski definition) is 5. The number of benzene rings is 2. The first-order valence-corrected chi connectivity index (χ1v) is 10.4. The molecule has 1 fully saturated rings. The van der Waals surface area contributed by atoms with Crippen molar-refractivity contribution < 1.29 is 22.5 Å². The molecule has 0 bridgehead atoms. The highest BCUT2D eigenvalue weighted by Crippen LogP contribution is 2.35. The molecule has 1 saturated heterocycles. The Balaban J connectivity index is 1.31. The van der Waals surface area contributed by atoms with E-state index < -0.39 is 11.7 Å². The third-order valence-corrected chi connectivity index (χ3v) is 5.59. The van der Waals surface area contributed by atoms with Crippen LogP contribution >= 0.6 is 0 Å². The SMILES string of the molecule is Cc1ccc(-c2noc(CN3CCC(C(=O)Nc4ccccc4C(F)(F)F)CC3)n2)cc1. The van der Waals surface area contributed by atoms with Crippen molar-refractivity contribution in [3.63, 3.8) is 0 Å². The van der Waals surface area contributed by atoms with E-state index in [1.54, 1.807) is 0 Å². The molecule has 9 heteroatoms. The lowest BCUT2D eigenvalue weighted by atomic mass is 9.95. The highest BCUT2D eigenvalue weighted by atomic mass is 19.4. The minimum Gasteiger partial charge on any atom is -0.338 e. The van der Waals surface area contributed by atoms with Crippen molar-refractivity contribution in [3.05, 3.63) is 65.5 Å². The van der Waals surface area contributed by atoms with Crippen molar-refractivity contribution in [2.45, 2.75) is 32.5 Å². The number of anilines is 1. The van der Waals surface area contributed by atoms with Gasteiger partial charge in [0.05, 0.1) is 17.8 Å². The van der Waals surface area contributed by atoms with Gasteiger partial charge in [-0.15, -0.1) is 0 Å². The summed E-state index contributed by atoms with van der Waals surface area (Å²) in [6, 6.07) is 12.9. The maximum absolute atomic E-state index is 13.1. The predicted octanol–water partition coefficient (Wildman–Crippen LogP) is 4.91. The zero-order valence-corrected chi connectivity index (χ0v) is 17.5. The van der Waals surface area contributed by atoms with Crippen LogP contribution in [-0.4, -0.2) is 34.0 Å². The molecule has 0 spiro atoms. The maximum Gasteiger partial charge on any atom is 0.418 e. The fourth-order valence-electron chi connectivity index (χ4n) is 3.76. The molecular formula is C23H23F3N4O2. The first kappa shape index (κ1) is 22.0. The second-order valence-corrected chi connectivity index (χ2v) is 7.96. The lowest BCUT2D eigenvalue weighted by molar-refractivity contribution is -0.137. The monoisotopic (exact) mass is 444 g/mol. The van der Waals surface area contributed by atoms with Crippen LogP contribution in [0, 0.1) is 12.8 Å². The van der Waals surface area contributed by atoms with Crippen LogP contribution in [0.5, 0.6) is 0 Å². The van der Waals surface area contributed by atoms with Gasteiger partial charge in [-0.05, 0) is 45.0 Å². The number of amides is 1. The normalized spacial score (nSPS) is 15.6. The first-order valence-electron chi connectivity index (χ1n) is 10.4. The largest absolute Gasteiger partial charge is 0.418 e. The molecule has 3 aromatic rings. The number of nitrogens with one attached hydrogen (secondary N) is 1. The number of carbonyl (C=O) groups excluding carboxylic acids is 1. The molecule has 0 atom stereocenters. The fraction of sp³-hybridized carbons (Fsp3) is 0.348. The average Bonchev–Trinajstić information content (AvgIpc) is 3.23. The van der Waals surface area contributed by atoms with E-state index in [9.17, 15) is 18.0 Å². The topological polar surface area (TPSA) is 71.3 Å². The summed E-state index contributed by atoms with van der Waals surface area (Å²) in [6.07, 6.45) is -3.44. The van der Waals surface area contributed by atoms with Crippen LogP contribution in [0.15, 0.2) is 53.1 Å². The Morgan fingerprint density at radius 2 is 1.81 bits per heavy atom. The Kier molecular flexibility index (Phi) is 6.27. The fourth-order valence-corrected chi connectivity index (χ4v) is 3.76. The summed E-state index contributed by atoms with van der Waals surface area (Å²) in [4.78, 5) is 19.1. The highest BCUT2D eigenvalue weighted by molar-refractivity contribution is 5.93. The van der Waals surface area contributed by atoms with Crippen molar-refractivity contribution in [3.8, 4) is 11.4 Å². The van der Waals surface area contributed by atoms with Gasteiger partial charge in [-0.1, -0.05) is 47.1 Å². The molecule has 2 heterocycles. The van der Waals surface area contributed by atoms with Crippen molar-refractivity contribution in [1.82, 2.24) is 15.0 Å². The molecule has 0 unspecified atom stereocenters. The molecule has 1 aliphatic heterocycles. The number of aryl methyl sites for hydroxylation is 1. The molecule has 1 aromatic heterocycles. The Morgan fingerprint density at radius 1 is 1.12 bits per heavy atom. The summed E-state index contributed by atoms with van der Waals surface area (Å²) in [7, 11) is 0. The van der Waals surface area contributed by atoms with Crippen LogP contribution in [0.1, 0.15) is 29.9 Å². The van der Waals surface area contributed by atoms with Crippen LogP contribution in [0.2, 0.25) is 0 Å². The van der Waals surface area contributed by atoms with Gasteiger partial charge in [0, 0.05) is 11.5 Å². The second-order valence-electron chi connectivity index (χ2n) is 7.96. The number of halogens is 3. The van der Waals surface area contributed by atoms with Gasteiger partial charge >= 0.3 is 6.18 Å². The second kappa shape index (κ2) is 9.12. The van der Waals surface area contributed by atoms with Gasteiger partial charge in [-0.25, -0.2) is 0 Å². The molecule has 168 valence electrons. The lowest BCUT2D eigenvalue weighted by Gasteiger charge is -2.30. The number of rotatable bonds is 5. The molecule has 0 aliphatic carbocycles. The number of likely N-dealkylation sites (tertiary alicyclic amines) is 1. The Morgan fingerprint density at radius 3 is 2.50 bits per heavy atom. The van der Waals surface area contributed by atoms with Crippen molar-refractivity contribution in [2.24, 2.45) is 5.92 Å². The molecule has 6 nitrogen and oxygen atoms in total. The van der Waals surface area contributed by atoms with Gasteiger partial charge in [0.1, 0.15) is 0 Å². The minimum atomic E-state index is -4.52. The number of para-hydroxylation sites is 1. The summed E-state index contributed by atoms with van der Waals surface area (Å²) < 4.78 is 44.8. The molecule has 0 radical (unpaired) electrons. The number of carbonyl (C=O) groups is 1. The van der Waals surface area contributed by atoms with Gasteiger partial charge < -0.3 is 9.84 Å². The predicted molar refractivity (Wildman–Crippen MR) is 113 cm³/mol. The highest BCUT2D eigenvalue weighted by Gasteiger charge is 2.34. The number of alkyl halides is 3. The van der Waals surface area contributed by atoms with Gasteiger partial charge in [0.15, 0.2) is 0 Å². The van der Waals surface area contributed by atoms with Crippen LogP contribution in [0.25, 0.3) is 11.4 Å². The molecule has 1 aliphatic rings. The zero-order valence-electron chi connectivity index (χ0n) is 17.5. The summed E-state index contributed by atoms with van der Waals surface area (Å²) >= 11 is 0.